The summed E-state index contributed by atoms with van der Waals surface area (Å²) in [5.41, 5.74) is 1.46. The van der Waals surface area contributed by atoms with Gasteiger partial charge in [0.05, 0.1) is 13.3 Å². The van der Waals surface area contributed by atoms with Gasteiger partial charge in [0.25, 0.3) is 0 Å². The van der Waals surface area contributed by atoms with Gasteiger partial charge in [0.15, 0.2) is 5.82 Å². The molecule has 4 rings (SSSR count). The van der Waals surface area contributed by atoms with Gasteiger partial charge in [-0.2, -0.15) is 14.9 Å². The van der Waals surface area contributed by atoms with Gasteiger partial charge in [-0.3, -0.25) is 0 Å². The number of nitrogens with one attached hydrogen (secondary N) is 1. The molecule has 4 aromatic rings. The van der Waals surface area contributed by atoms with E-state index in [4.69, 9.17) is 17.0 Å². The molecule has 0 aliphatic rings. The van der Waals surface area contributed by atoms with Crippen LogP contribution in [0.5, 0.6) is 11.5 Å². The van der Waals surface area contributed by atoms with E-state index in [0.717, 1.165) is 22.1 Å². The molecular formula is C20H16N4O2S. The Kier molecular flexibility index (Phi) is 4.43. The molecule has 0 unspecified atom stereocenters. The molecule has 0 aliphatic heterocycles. The number of hydrogen-bond acceptors (Lipinski definition) is 5. The van der Waals surface area contributed by atoms with Crippen molar-refractivity contribution in [3.05, 3.63) is 71.0 Å². The lowest BCUT2D eigenvalue weighted by molar-refractivity contribution is 0.415. The molecule has 7 heteroatoms. The van der Waals surface area contributed by atoms with Crippen molar-refractivity contribution in [2.24, 2.45) is 5.10 Å². The number of nitrogens with zero attached hydrogens (tertiary/aromatic N) is 3. The molecule has 0 spiro atoms. The van der Waals surface area contributed by atoms with Gasteiger partial charge in [-0.15, -0.1) is 0 Å². The number of methoxy groups -OCH3 is 1. The van der Waals surface area contributed by atoms with Crippen molar-refractivity contribution >= 4 is 29.2 Å². The minimum Gasteiger partial charge on any atom is -0.507 e. The van der Waals surface area contributed by atoms with Crippen molar-refractivity contribution in [1.29, 1.82) is 0 Å². The van der Waals surface area contributed by atoms with E-state index in [1.165, 1.54) is 4.68 Å². The SMILES string of the molecule is COc1ccc(-c2n[nH]c(=S)n2N=Cc2c(O)ccc3ccccc23)cc1. The van der Waals surface area contributed by atoms with Crippen LogP contribution in [0.25, 0.3) is 22.2 Å². The van der Waals surface area contributed by atoms with Gasteiger partial charge in [-0.25, -0.2) is 5.10 Å². The molecule has 134 valence electrons. The van der Waals surface area contributed by atoms with Crippen LogP contribution < -0.4 is 4.74 Å². The fourth-order valence-corrected chi connectivity index (χ4v) is 3.04. The van der Waals surface area contributed by atoms with Gasteiger partial charge in [0.2, 0.25) is 4.77 Å². The highest BCUT2D eigenvalue weighted by atomic mass is 32.1. The molecule has 0 amide bonds. The van der Waals surface area contributed by atoms with E-state index in [1.807, 2.05) is 54.6 Å². The maximum absolute atomic E-state index is 10.3. The quantitative estimate of drug-likeness (QED) is 0.410. The largest absolute Gasteiger partial charge is 0.507 e. The van der Waals surface area contributed by atoms with E-state index >= 15 is 0 Å². The molecule has 27 heavy (non-hydrogen) atoms. The maximum Gasteiger partial charge on any atom is 0.216 e. The summed E-state index contributed by atoms with van der Waals surface area (Å²) in [4.78, 5) is 0. The number of rotatable bonds is 4. The van der Waals surface area contributed by atoms with Gasteiger partial charge >= 0.3 is 0 Å². The maximum atomic E-state index is 10.3. The topological polar surface area (TPSA) is 75.4 Å². The molecular weight excluding hydrogens is 360 g/mol. The van der Waals surface area contributed by atoms with Crippen molar-refractivity contribution in [1.82, 2.24) is 14.9 Å². The molecule has 0 atom stereocenters. The lowest BCUT2D eigenvalue weighted by Crippen LogP contribution is -1.96. The van der Waals surface area contributed by atoms with Crippen molar-refractivity contribution in [2.45, 2.75) is 0 Å². The third kappa shape index (κ3) is 3.20. The number of aromatic nitrogens is 3. The third-order valence-electron chi connectivity index (χ3n) is 4.25. The van der Waals surface area contributed by atoms with Crippen LogP contribution in [-0.4, -0.2) is 33.3 Å². The van der Waals surface area contributed by atoms with E-state index in [2.05, 4.69) is 15.3 Å². The number of H-pyrrole nitrogens is 1. The van der Waals surface area contributed by atoms with E-state index < -0.39 is 0 Å². The monoisotopic (exact) mass is 376 g/mol. The lowest BCUT2D eigenvalue weighted by Gasteiger charge is -2.06. The Labute approximate surface area is 160 Å². The molecule has 0 saturated heterocycles. The van der Waals surface area contributed by atoms with Gasteiger partial charge in [-0.1, -0.05) is 30.3 Å². The fourth-order valence-electron chi connectivity index (χ4n) is 2.86. The van der Waals surface area contributed by atoms with Gasteiger partial charge in [-0.05, 0) is 53.3 Å². The smallest absolute Gasteiger partial charge is 0.216 e. The number of benzene rings is 3. The van der Waals surface area contributed by atoms with Crippen molar-refractivity contribution in [2.75, 3.05) is 7.11 Å². The number of hydrogen-bond donors (Lipinski definition) is 2. The summed E-state index contributed by atoms with van der Waals surface area (Å²) >= 11 is 5.31. The standard InChI is InChI=1S/C20H16N4O2S/c1-26-15-9-6-14(7-10-15)19-22-23-20(27)24(19)21-12-17-16-5-3-2-4-13(16)8-11-18(17)25/h2-12,25H,1H3,(H,23,27). The summed E-state index contributed by atoms with van der Waals surface area (Å²) in [6, 6.07) is 18.8. The molecule has 0 fully saturated rings. The highest BCUT2D eigenvalue weighted by Crippen LogP contribution is 2.26. The summed E-state index contributed by atoms with van der Waals surface area (Å²) in [7, 11) is 1.62. The number of phenols is 1. The number of aromatic amines is 1. The molecule has 0 radical (unpaired) electrons. The van der Waals surface area contributed by atoms with E-state index in [1.54, 1.807) is 19.4 Å². The highest BCUT2D eigenvalue weighted by molar-refractivity contribution is 7.71. The van der Waals surface area contributed by atoms with Crippen molar-refractivity contribution in [3.63, 3.8) is 0 Å². The van der Waals surface area contributed by atoms with Crippen LogP contribution in [0.1, 0.15) is 5.56 Å². The first kappa shape index (κ1) is 17.0. The summed E-state index contributed by atoms with van der Waals surface area (Å²) in [5, 5.41) is 23.7. The number of fused-ring (bicyclic) bond motifs is 1. The molecule has 2 N–H and O–H groups in total. The Morgan fingerprint density at radius 2 is 1.89 bits per heavy atom. The first-order chi connectivity index (χ1) is 13.2. The van der Waals surface area contributed by atoms with Crippen molar-refractivity contribution in [3.8, 4) is 22.9 Å². The highest BCUT2D eigenvalue weighted by Gasteiger charge is 2.09. The summed E-state index contributed by atoms with van der Waals surface area (Å²) < 4.78 is 7.07. The van der Waals surface area contributed by atoms with Gasteiger partial charge < -0.3 is 9.84 Å². The van der Waals surface area contributed by atoms with Crippen LogP contribution in [0, 0.1) is 4.77 Å². The second-order valence-corrected chi connectivity index (χ2v) is 6.24. The van der Waals surface area contributed by atoms with Crippen LogP contribution in [0.3, 0.4) is 0 Å². The second kappa shape index (κ2) is 7.05. The summed E-state index contributed by atoms with van der Waals surface area (Å²) in [6.45, 7) is 0. The normalized spacial score (nSPS) is 11.3. The Morgan fingerprint density at radius 3 is 2.67 bits per heavy atom. The van der Waals surface area contributed by atoms with E-state index in [-0.39, 0.29) is 5.75 Å². The average molecular weight is 376 g/mol. The van der Waals surface area contributed by atoms with Crippen LogP contribution in [0.15, 0.2) is 65.8 Å². The molecule has 0 bridgehead atoms. The third-order valence-corrected chi connectivity index (χ3v) is 4.51. The predicted molar refractivity (Wildman–Crippen MR) is 108 cm³/mol. The molecule has 1 heterocycles. The molecule has 6 nitrogen and oxygen atoms in total. The average Bonchev–Trinajstić information content (AvgIpc) is 3.08. The van der Waals surface area contributed by atoms with E-state index in [9.17, 15) is 5.11 Å². The van der Waals surface area contributed by atoms with Gasteiger partial charge in [0, 0.05) is 11.1 Å². The van der Waals surface area contributed by atoms with Crippen molar-refractivity contribution < 1.29 is 9.84 Å². The first-order valence-electron chi connectivity index (χ1n) is 8.24. The number of phenolic OH excluding ortho intramolecular Hbond substituents is 1. The Morgan fingerprint density at radius 1 is 1.11 bits per heavy atom. The predicted octanol–water partition coefficient (Wildman–Crippen LogP) is 4.36. The summed E-state index contributed by atoms with van der Waals surface area (Å²) in [5.74, 6) is 1.47. The second-order valence-electron chi connectivity index (χ2n) is 5.86. The zero-order valence-corrected chi connectivity index (χ0v) is 15.3. The zero-order chi connectivity index (χ0) is 18.8. The van der Waals surface area contributed by atoms with Crippen LogP contribution in [0.4, 0.5) is 0 Å². The first-order valence-corrected chi connectivity index (χ1v) is 8.65. The molecule has 3 aromatic carbocycles. The number of ether oxygens (including phenoxy) is 1. The minimum absolute atomic E-state index is 0.151. The van der Waals surface area contributed by atoms with Crippen LogP contribution >= 0.6 is 12.2 Å². The van der Waals surface area contributed by atoms with Gasteiger partial charge in [0.1, 0.15) is 11.5 Å². The lowest BCUT2D eigenvalue weighted by atomic mass is 10.0. The minimum atomic E-state index is 0.151. The molecule has 1 aromatic heterocycles. The molecule has 0 saturated carbocycles. The number of aromatic hydroxyl groups is 1. The Bertz CT molecular complexity index is 1190. The fraction of sp³-hybridized carbons (Fsp3) is 0.0500. The molecule has 0 aliphatic carbocycles. The van der Waals surface area contributed by atoms with E-state index in [0.29, 0.717) is 16.2 Å². The zero-order valence-electron chi connectivity index (χ0n) is 14.5. The van der Waals surface area contributed by atoms with Crippen LogP contribution in [-0.2, 0) is 0 Å². The Hall–Kier alpha value is -3.45. The Balaban J connectivity index is 1.79. The van der Waals surface area contributed by atoms with Crippen LogP contribution in [0.2, 0.25) is 0 Å². The summed E-state index contributed by atoms with van der Waals surface area (Å²) in [6.07, 6.45) is 1.59.